The maximum absolute atomic E-state index is 11.4. The minimum absolute atomic E-state index is 0.0568. The molecule has 1 radical (unpaired) electrons. The van der Waals surface area contributed by atoms with E-state index in [0.717, 1.165) is 18.4 Å². The number of carbonyl (C=O) groups is 2. The van der Waals surface area contributed by atoms with Gasteiger partial charge in [0.25, 0.3) is 0 Å². The first kappa shape index (κ1) is 19.0. The average molecular weight is 337 g/mol. The highest BCUT2D eigenvalue weighted by atomic mass is 16.5. The molecule has 6 atom stereocenters. The van der Waals surface area contributed by atoms with Crippen molar-refractivity contribution < 1.29 is 24.2 Å². The SMILES string of the molecule is CC(=O)OCC(C)[C@H]1CC[C@@H](C)[C@]2(O)[CH][C@@H](OC(C)=O)C(C)=C[C@H]12. The van der Waals surface area contributed by atoms with Gasteiger partial charge in [-0.2, -0.15) is 0 Å². The number of esters is 2. The number of aliphatic hydroxyl groups is 1. The van der Waals surface area contributed by atoms with E-state index in [2.05, 4.69) is 13.0 Å². The van der Waals surface area contributed by atoms with Crippen LogP contribution in [0, 0.1) is 30.1 Å². The monoisotopic (exact) mass is 337 g/mol. The molecular weight excluding hydrogens is 308 g/mol. The van der Waals surface area contributed by atoms with Gasteiger partial charge < -0.3 is 14.6 Å². The molecule has 0 amide bonds. The Hall–Kier alpha value is -1.36. The second kappa shape index (κ2) is 7.26. The molecule has 0 aromatic carbocycles. The largest absolute Gasteiger partial charge is 0.466 e. The van der Waals surface area contributed by atoms with Gasteiger partial charge in [-0.25, -0.2) is 0 Å². The van der Waals surface area contributed by atoms with Crippen LogP contribution in [0.5, 0.6) is 0 Å². The molecule has 24 heavy (non-hydrogen) atoms. The van der Waals surface area contributed by atoms with Gasteiger partial charge in [0, 0.05) is 26.2 Å². The summed E-state index contributed by atoms with van der Waals surface area (Å²) in [5.74, 6) is -0.233. The van der Waals surface area contributed by atoms with Crippen molar-refractivity contribution in [2.24, 2.45) is 23.7 Å². The minimum atomic E-state index is -1.01. The molecule has 0 bridgehead atoms. The van der Waals surface area contributed by atoms with Gasteiger partial charge in [-0.05, 0) is 43.1 Å². The van der Waals surface area contributed by atoms with Gasteiger partial charge in [-0.3, -0.25) is 9.59 Å². The normalized spacial score (nSPS) is 37.0. The molecule has 0 aromatic heterocycles. The molecule has 5 heteroatoms. The second-order valence-electron chi connectivity index (χ2n) is 7.44. The molecular formula is C19H29O5. The summed E-state index contributed by atoms with van der Waals surface area (Å²) in [5, 5.41) is 11.4. The van der Waals surface area contributed by atoms with Gasteiger partial charge in [0.05, 0.1) is 12.2 Å². The molecule has 0 aliphatic heterocycles. The van der Waals surface area contributed by atoms with Gasteiger partial charge in [-0.1, -0.05) is 19.9 Å². The van der Waals surface area contributed by atoms with Crippen LogP contribution in [0.25, 0.3) is 0 Å². The third-order valence-electron chi connectivity index (χ3n) is 5.60. The molecule has 5 nitrogen and oxygen atoms in total. The average Bonchev–Trinajstić information content (AvgIpc) is 2.48. The molecule has 1 N–H and O–H groups in total. The van der Waals surface area contributed by atoms with E-state index in [1.165, 1.54) is 13.8 Å². The van der Waals surface area contributed by atoms with Crippen LogP contribution < -0.4 is 0 Å². The van der Waals surface area contributed by atoms with Crippen molar-refractivity contribution in [1.82, 2.24) is 0 Å². The van der Waals surface area contributed by atoms with Crippen molar-refractivity contribution in [2.75, 3.05) is 6.61 Å². The summed E-state index contributed by atoms with van der Waals surface area (Å²) in [5.41, 5.74) is -0.0637. The zero-order chi connectivity index (χ0) is 18.1. The Bertz CT molecular complexity index is 526. The number of hydrogen-bond acceptors (Lipinski definition) is 5. The van der Waals surface area contributed by atoms with E-state index in [0.29, 0.717) is 6.61 Å². The molecule has 1 unspecified atom stereocenters. The van der Waals surface area contributed by atoms with Crippen molar-refractivity contribution in [3.63, 3.8) is 0 Å². The lowest BCUT2D eigenvalue weighted by Gasteiger charge is -2.52. The van der Waals surface area contributed by atoms with E-state index in [4.69, 9.17) is 9.47 Å². The predicted molar refractivity (Wildman–Crippen MR) is 89.7 cm³/mol. The maximum Gasteiger partial charge on any atom is 0.303 e. The van der Waals surface area contributed by atoms with Gasteiger partial charge in [0.1, 0.15) is 6.10 Å². The number of hydrogen-bond donors (Lipinski definition) is 1. The maximum atomic E-state index is 11.4. The van der Waals surface area contributed by atoms with Crippen LogP contribution in [-0.2, 0) is 19.1 Å². The van der Waals surface area contributed by atoms with Crippen LogP contribution in [0.4, 0.5) is 0 Å². The molecule has 0 aromatic rings. The highest BCUT2D eigenvalue weighted by Gasteiger charge is 2.53. The first-order chi connectivity index (χ1) is 11.1. The summed E-state index contributed by atoms with van der Waals surface area (Å²) >= 11 is 0. The molecule has 2 aliphatic rings. The van der Waals surface area contributed by atoms with Gasteiger partial charge in [0.2, 0.25) is 0 Å². The highest BCUT2D eigenvalue weighted by molar-refractivity contribution is 5.67. The summed E-state index contributed by atoms with van der Waals surface area (Å²) in [7, 11) is 0. The fourth-order valence-corrected chi connectivity index (χ4v) is 4.13. The molecule has 1 saturated carbocycles. The zero-order valence-electron chi connectivity index (χ0n) is 15.2. The summed E-state index contributed by atoms with van der Waals surface area (Å²) in [6.07, 6.45) is 5.24. The topological polar surface area (TPSA) is 72.8 Å². The van der Waals surface area contributed by atoms with E-state index in [9.17, 15) is 14.7 Å². The highest BCUT2D eigenvalue weighted by Crippen LogP contribution is 2.50. The third-order valence-corrected chi connectivity index (χ3v) is 5.60. The lowest BCUT2D eigenvalue weighted by atomic mass is 9.57. The smallest absolute Gasteiger partial charge is 0.303 e. The number of carbonyl (C=O) groups excluding carboxylic acids is 2. The molecule has 2 aliphatic carbocycles. The number of fused-ring (bicyclic) bond motifs is 1. The molecule has 0 spiro atoms. The Kier molecular flexibility index (Phi) is 5.74. The third kappa shape index (κ3) is 3.82. The molecule has 1 fully saturated rings. The van der Waals surface area contributed by atoms with Crippen LogP contribution in [0.2, 0.25) is 0 Å². The fourth-order valence-electron chi connectivity index (χ4n) is 4.13. The lowest BCUT2D eigenvalue weighted by Crippen LogP contribution is -2.56. The fraction of sp³-hybridized carbons (Fsp3) is 0.737. The van der Waals surface area contributed by atoms with E-state index >= 15 is 0 Å². The summed E-state index contributed by atoms with van der Waals surface area (Å²) in [6.45, 7) is 9.18. The summed E-state index contributed by atoms with van der Waals surface area (Å²) in [6, 6.07) is 0. The van der Waals surface area contributed by atoms with Crippen LogP contribution in [0.3, 0.4) is 0 Å². The van der Waals surface area contributed by atoms with E-state index in [1.807, 2.05) is 13.8 Å². The van der Waals surface area contributed by atoms with Gasteiger partial charge >= 0.3 is 11.9 Å². The Morgan fingerprint density at radius 3 is 2.58 bits per heavy atom. The quantitative estimate of drug-likeness (QED) is 0.631. The number of ether oxygens (including phenoxy) is 2. The first-order valence-electron chi connectivity index (χ1n) is 8.72. The Balaban J connectivity index is 2.24. The van der Waals surface area contributed by atoms with Crippen LogP contribution in [0.15, 0.2) is 11.6 Å². The summed E-state index contributed by atoms with van der Waals surface area (Å²) in [4.78, 5) is 22.4. The van der Waals surface area contributed by atoms with E-state index < -0.39 is 11.7 Å². The lowest BCUT2D eigenvalue weighted by molar-refractivity contribution is -0.149. The van der Waals surface area contributed by atoms with Crippen molar-refractivity contribution >= 4 is 11.9 Å². The summed E-state index contributed by atoms with van der Waals surface area (Å²) < 4.78 is 10.5. The molecule has 135 valence electrons. The Labute approximate surface area is 144 Å². The van der Waals surface area contributed by atoms with Crippen molar-refractivity contribution in [3.05, 3.63) is 18.1 Å². The van der Waals surface area contributed by atoms with E-state index in [1.54, 1.807) is 6.42 Å². The predicted octanol–water partition coefficient (Wildman–Crippen LogP) is 2.67. The molecule has 0 saturated heterocycles. The standard InChI is InChI=1S/C19H29O5/c1-11-8-17-16(12(2)10-23-14(4)20)7-6-13(3)19(17,22)9-18(11)24-15(5)21/h8-9,12-13,16-18,22H,6-7,10H2,1-5H3/t12?,13-,16-,17-,18-,19-/m1/s1. The van der Waals surface area contributed by atoms with Crippen LogP contribution in [-0.4, -0.2) is 35.4 Å². The van der Waals surface area contributed by atoms with Crippen molar-refractivity contribution in [2.45, 2.75) is 59.2 Å². The first-order valence-corrected chi connectivity index (χ1v) is 8.72. The minimum Gasteiger partial charge on any atom is -0.466 e. The van der Waals surface area contributed by atoms with Crippen LogP contribution >= 0.6 is 0 Å². The van der Waals surface area contributed by atoms with Gasteiger partial charge in [0.15, 0.2) is 0 Å². The number of rotatable bonds is 4. The van der Waals surface area contributed by atoms with Crippen molar-refractivity contribution in [1.29, 1.82) is 0 Å². The Morgan fingerprint density at radius 1 is 1.33 bits per heavy atom. The second-order valence-corrected chi connectivity index (χ2v) is 7.44. The van der Waals surface area contributed by atoms with Crippen molar-refractivity contribution in [3.8, 4) is 0 Å². The molecule has 2 rings (SSSR count). The molecule has 0 heterocycles. The van der Waals surface area contributed by atoms with E-state index in [-0.39, 0.29) is 35.6 Å². The van der Waals surface area contributed by atoms with Crippen LogP contribution in [0.1, 0.15) is 47.5 Å². The zero-order valence-corrected chi connectivity index (χ0v) is 15.2. The Morgan fingerprint density at radius 2 is 2.00 bits per heavy atom. The van der Waals surface area contributed by atoms with Gasteiger partial charge in [-0.15, -0.1) is 0 Å².